The zero-order chi connectivity index (χ0) is 21.6. The number of carbonyl (C=O) groups excluding carboxylic acids is 3. The van der Waals surface area contributed by atoms with E-state index >= 15 is 0 Å². The molecule has 0 radical (unpaired) electrons. The van der Waals surface area contributed by atoms with Crippen molar-refractivity contribution in [3.05, 3.63) is 23.9 Å². The predicted octanol–water partition coefficient (Wildman–Crippen LogP) is 1.00. The molecule has 3 amide bonds. The molecular formula is C21H33N5O3. The number of amides is 3. The van der Waals surface area contributed by atoms with Crippen LogP contribution in [0, 0.1) is 5.92 Å². The number of nitrogens with zero attached hydrogens (tertiary/aromatic N) is 2. The number of nitrogens with one attached hydrogen (secondary N) is 3. The minimum Gasteiger partial charge on any atom is -0.355 e. The van der Waals surface area contributed by atoms with Crippen molar-refractivity contribution in [1.82, 2.24) is 20.9 Å². The second-order valence-corrected chi connectivity index (χ2v) is 7.43. The average Bonchev–Trinajstić information content (AvgIpc) is 3.11. The molecule has 0 bridgehead atoms. The fourth-order valence-corrected chi connectivity index (χ4v) is 3.62. The Morgan fingerprint density at radius 3 is 2.55 bits per heavy atom. The number of carbonyl (C=O) groups is 3. The molecule has 0 saturated carbocycles. The molecule has 1 aliphatic rings. The maximum absolute atomic E-state index is 13.6. The second-order valence-electron chi connectivity index (χ2n) is 7.43. The third kappa shape index (κ3) is 4.93. The lowest BCUT2D eigenvalue weighted by Gasteiger charge is -2.32. The molecule has 0 fully saturated rings. The topological polar surface area (TPSA) is 103 Å². The first-order valence-corrected chi connectivity index (χ1v) is 10.4. The van der Waals surface area contributed by atoms with Gasteiger partial charge in [0.1, 0.15) is 17.9 Å². The van der Waals surface area contributed by atoms with Crippen molar-refractivity contribution in [3.63, 3.8) is 0 Å². The van der Waals surface area contributed by atoms with Gasteiger partial charge in [0.25, 0.3) is 5.91 Å². The molecule has 8 nitrogen and oxygen atoms in total. The molecule has 1 aromatic rings. The van der Waals surface area contributed by atoms with Crippen LogP contribution in [-0.4, -0.2) is 54.4 Å². The van der Waals surface area contributed by atoms with E-state index in [1.54, 1.807) is 19.3 Å². The standard InChI is InChI=1S/C21H33N5O3/c1-6-13(4)17(25-19(27)15(7-2)22-5)21(29)26-16(20(28)23-8-3)12-14-10-9-11-24-18(14)26/h9-11,13,15-17,22H,6-8,12H2,1-5H3,(H,23,28)(H,25,27)/t13-,15-,16-,17-/m0/s1. The third-order valence-corrected chi connectivity index (χ3v) is 5.56. The molecule has 0 aliphatic carbocycles. The van der Waals surface area contributed by atoms with E-state index in [9.17, 15) is 14.4 Å². The summed E-state index contributed by atoms with van der Waals surface area (Å²) in [6.45, 7) is 8.14. The van der Waals surface area contributed by atoms with Gasteiger partial charge in [0.2, 0.25) is 11.8 Å². The van der Waals surface area contributed by atoms with Gasteiger partial charge < -0.3 is 16.0 Å². The smallest absolute Gasteiger partial charge is 0.251 e. The van der Waals surface area contributed by atoms with Gasteiger partial charge >= 0.3 is 0 Å². The molecule has 1 aromatic heterocycles. The Kier molecular flexibility index (Phi) is 8.13. The fraction of sp³-hybridized carbons (Fsp3) is 0.619. The number of anilines is 1. The van der Waals surface area contributed by atoms with E-state index in [1.165, 1.54) is 4.90 Å². The summed E-state index contributed by atoms with van der Waals surface area (Å²) in [4.78, 5) is 44.8. The summed E-state index contributed by atoms with van der Waals surface area (Å²) >= 11 is 0. The first-order valence-electron chi connectivity index (χ1n) is 10.4. The minimum atomic E-state index is -0.736. The van der Waals surface area contributed by atoms with Crippen LogP contribution < -0.4 is 20.9 Å². The van der Waals surface area contributed by atoms with Crippen LogP contribution in [0.5, 0.6) is 0 Å². The van der Waals surface area contributed by atoms with Gasteiger partial charge in [-0.2, -0.15) is 0 Å². The Labute approximate surface area is 172 Å². The largest absolute Gasteiger partial charge is 0.355 e. The molecule has 3 N–H and O–H groups in total. The highest BCUT2D eigenvalue weighted by molar-refractivity contribution is 6.06. The second kappa shape index (κ2) is 10.3. The van der Waals surface area contributed by atoms with E-state index in [4.69, 9.17) is 0 Å². The first kappa shape index (κ1) is 22.8. The van der Waals surface area contributed by atoms with Crippen LogP contribution in [0.4, 0.5) is 5.82 Å². The molecule has 2 rings (SSSR count). The van der Waals surface area contributed by atoms with E-state index in [0.29, 0.717) is 31.6 Å². The molecule has 0 aromatic carbocycles. The molecular weight excluding hydrogens is 370 g/mol. The number of aromatic nitrogens is 1. The van der Waals surface area contributed by atoms with Crippen molar-refractivity contribution in [2.45, 2.75) is 65.1 Å². The Bertz CT molecular complexity index is 735. The summed E-state index contributed by atoms with van der Waals surface area (Å²) < 4.78 is 0. The minimum absolute atomic E-state index is 0.0940. The Hall–Kier alpha value is -2.48. The maximum atomic E-state index is 13.6. The summed E-state index contributed by atoms with van der Waals surface area (Å²) in [7, 11) is 1.72. The number of rotatable bonds is 9. The summed E-state index contributed by atoms with van der Waals surface area (Å²) in [6.07, 6.45) is 3.35. The van der Waals surface area contributed by atoms with Crippen molar-refractivity contribution in [2.75, 3.05) is 18.5 Å². The molecule has 160 valence electrons. The molecule has 2 heterocycles. The lowest BCUT2D eigenvalue weighted by molar-refractivity contribution is -0.131. The van der Waals surface area contributed by atoms with Crippen LogP contribution in [0.25, 0.3) is 0 Å². The van der Waals surface area contributed by atoms with E-state index in [-0.39, 0.29) is 29.7 Å². The SMILES string of the molecule is CCNC(=O)[C@@H]1Cc2cccnc2N1C(=O)[C@@H](NC(=O)[C@H](CC)NC)[C@@H](C)CC. The van der Waals surface area contributed by atoms with Crippen LogP contribution in [0.2, 0.25) is 0 Å². The van der Waals surface area contributed by atoms with Crippen LogP contribution in [0.3, 0.4) is 0 Å². The highest BCUT2D eigenvalue weighted by atomic mass is 16.2. The lowest BCUT2D eigenvalue weighted by Crippen LogP contribution is -2.58. The monoisotopic (exact) mass is 403 g/mol. The quantitative estimate of drug-likeness (QED) is 0.571. The van der Waals surface area contributed by atoms with Crippen LogP contribution in [0.15, 0.2) is 18.3 Å². The number of pyridine rings is 1. The number of fused-ring (bicyclic) bond motifs is 1. The Balaban J connectivity index is 2.38. The molecule has 8 heteroatoms. The van der Waals surface area contributed by atoms with Gasteiger partial charge in [0.05, 0.1) is 6.04 Å². The van der Waals surface area contributed by atoms with Crippen LogP contribution >= 0.6 is 0 Å². The van der Waals surface area contributed by atoms with E-state index in [0.717, 1.165) is 5.56 Å². The van der Waals surface area contributed by atoms with Gasteiger partial charge in [0.15, 0.2) is 0 Å². The molecule has 29 heavy (non-hydrogen) atoms. The highest BCUT2D eigenvalue weighted by Crippen LogP contribution is 2.31. The van der Waals surface area contributed by atoms with Crippen molar-refractivity contribution in [1.29, 1.82) is 0 Å². The summed E-state index contributed by atoms with van der Waals surface area (Å²) in [5.74, 6) is -0.328. The normalized spacial score (nSPS) is 18.5. The Morgan fingerprint density at radius 1 is 1.24 bits per heavy atom. The molecule has 0 spiro atoms. The van der Waals surface area contributed by atoms with Gasteiger partial charge in [0, 0.05) is 19.2 Å². The van der Waals surface area contributed by atoms with Crippen LogP contribution in [0.1, 0.15) is 46.1 Å². The van der Waals surface area contributed by atoms with Gasteiger partial charge in [-0.3, -0.25) is 19.3 Å². The fourth-order valence-electron chi connectivity index (χ4n) is 3.62. The molecule has 1 aliphatic heterocycles. The van der Waals surface area contributed by atoms with Gasteiger partial charge in [-0.1, -0.05) is 33.3 Å². The maximum Gasteiger partial charge on any atom is 0.251 e. The summed E-state index contributed by atoms with van der Waals surface area (Å²) in [5, 5.41) is 8.69. The van der Waals surface area contributed by atoms with Gasteiger partial charge in [-0.05, 0) is 37.9 Å². The molecule has 0 saturated heterocycles. The van der Waals surface area contributed by atoms with Crippen molar-refractivity contribution in [3.8, 4) is 0 Å². The van der Waals surface area contributed by atoms with Crippen LogP contribution in [-0.2, 0) is 20.8 Å². The van der Waals surface area contributed by atoms with E-state index < -0.39 is 12.1 Å². The van der Waals surface area contributed by atoms with E-state index in [2.05, 4.69) is 20.9 Å². The number of hydrogen-bond acceptors (Lipinski definition) is 5. The molecule has 0 unspecified atom stereocenters. The van der Waals surface area contributed by atoms with Gasteiger partial charge in [-0.25, -0.2) is 4.98 Å². The van der Waals surface area contributed by atoms with Gasteiger partial charge in [-0.15, -0.1) is 0 Å². The predicted molar refractivity (Wildman–Crippen MR) is 112 cm³/mol. The zero-order valence-electron chi connectivity index (χ0n) is 18.0. The highest BCUT2D eigenvalue weighted by Gasteiger charge is 2.43. The summed E-state index contributed by atoms with van der Waals surface area (Å²) in [5.41, 5.74) is 0.855. The van der Waals surface area contributed by atoms with Crippen molar-refractivity contribution < 1.29 is 14.4 Å². The first-order chi connectivity index (χ1) is 13.9. The van der Waals surface area contributed by atoms with Crippen molar-refractivity contribution in [2.24, 2.45) is 5.92 Å². The lowest BCUT2D eigenvalue weighted by atomic mass is 9.96. The molecule has 4 atom stereocenters. The number of hydrogen-bond donors (Lipinski definition) is 3. The zero-order valence-corrected chi connectivity index (χ0v) is 18.0. The van der Waals surface area contributed by atoms with E-state index in [1.807, 2.05) is 33.8 Å². The average molecular weight is 404 g/mol. The Morgan fingerprint density at radius 2 is 1.97 bits per heavy atom. The summed E-state index contributed by atoms with van der Waals surface area (Å²) in [6, 6.07) is 1.90. The number of likely N-dealkylation sites (N-methyl/N-ethyl adjacent to an activating group) is 2. The third-order valence-electron chi connectivity index (χ3n) is 5.56. The van der Waals surface area contributed by atoms with Crippen molar-refractivity contribution >= 4 is 23.5 Å².